The molecule has 1 aliphatic rings. The summed E-state index contributed by atoms with van der Waals surface area (Å²) in [7, 11) is 1.84. The number of likely N-dealkylation sites (tertiary alicyclic amines) is 1. The Morgan fingerprint density at radius 3 is 2.22 bits per heavy atom. The van der Waals surface area contributed by atoms with E-state index in [0.29, 0.717) is 6.54 Å². The van der Waals surface area contributed by atoms with Gasteiger partial charge in [0.15, 0.2) is 0 Å². The molecule has 0 radical (unpaired) electrons. The van der Waals surface area contributed by atoms with Crippen LogP contribution in [0.3, 0.4) is 0 Å². The van der Waals surface area contributed by atoms with E-state index in [4.69, 9.17) is 0 Å². The summed E-state index contributed by atoms with van der Waals surface area (Å²) in [5.41, 5.74) is 0. The molecule has 0 bridgehead atoms. The predicted molar refractivity (Wildman–Crippen MR) is 72.0 cm³/mol. The lowest BCUT2D eigenvalue weighted by Crippen LogP contribution is -2.44. The van der Waals surface area contributed by atoms with Gasteiger partial charge in [-0.05, 0) is 27.2 Å². The Morgan fingerprint density at radius 1 is 1.22 bits per heavy atom. The molecule has 1 saturated heterocycles. The fourth-order valence-corrected chi connectivity index (χ4v) is 2.43. The Kier molecular flexibility index (Phi) is 4.77. The number of amides is 2. The maximum Gasteiger partial charge on any atom is 0.227 e. The summed E-state index contributed by atoms with van der Waals surface area (Å²) in [6, 6.07) is 0.230. The molecule has 0 aliphatic carbocycles. The van der Waals surface area contributed by atoms with Gasteiger partial charge < -0.3 is 9.80 Å². The molecule has 1 rings (SSSR count). The van der Waals surface area contributed by atoms with E-state index in [2.05, 4.69) is 0 Å². The lowest BCUT2D eigenvalue weighted by atomic mass is 9.99. The van der Waals surface area contributed by atoms with Crippen LogP contribution in [0.4, 0.5) is 0 Å². The van der Waals surface area contributed by atoms with E-state index < -0.39 is 0 Å². The fourth-order valence-electron chi connectivity index (χ4n) is 2.43. The van der Waals surface area contributed by atoms with Crippen molar-refractivity contribution in [2.75, 3.05) is 13.6 Å². The Balaban J connectivity index is 2.73. The van der Waals surface area contributed by atoms with Crippen molar-refractivity contribution in [2.24, 2.45) is 11.8 Å². The highest BCUT2D eigenvalue weighted by molar-refractivity contribution is 5.83. The number of rotatable bonds is 3. The van der Waals surface area contributed by atoms with Crippen LogP contribution < -0.4 is 0 Å². The van der Waals surface area contributed by atoms with Crippen LogP contribution in [0.2, 0.25) is 0 Å². The van der Waals surface area contributed by atoms with Crippen molar-refractivity contribution in [1.82, 2.24) is 9.80 Å². The van der Waals surface area contributed by atoms with E-state index >= 15 is 0 Å². The zero-order chi connectivity index (χ0) is 14.0. The molecule has 1 fully saturated rings. The van der Waals surface area contributed by atoms with Crippen LogP contribution in [0, 0.1) is 11.8 Å². The van der Waals surface area contributed by atoms with Crippen LogP contribution >= 0.6 is 0 Å². The van der Waals surface area contributed by atoms with E-state index in [1.54, 1.807) is 4.90 Å². The molecule has 4 nitrogen and oxygen atoms in total. The summed E-state index contributed by atoms with van der Waals surface area (Å²) < 4.78 is 0. The van der Waals surface area contributed by atoms with Crippen LogP contribution in [0.1, 0.15) is 41.0 Å². The van der Waals surface area contributed by atoms with Gasteiger partial charge >= 0.3 is 0 Å². The molecule has 2 unspecified atom stereocenters. The number of hydrogen-bond donors (Lipinski definition) is 0. The first-order chi connectivity index (χ1) is 8.27. The molecule has 104 valence electrons. The van der Waals surface area contributed by atoms with Crippen molar-refractivity contribution in [3.05, 3.63) is 0 Å². The van der Waals surface area contributed by atoms with Crippen LogP contribution in [-0.4, -0.2) is 47.3 Å². The average Bonchev–Trinajstić information content (AvgIpc) is 2.67. The molecule has 2 amide bonds. The average molecular weight is 254 g/mol. The normalized spacial score (nSPS) is 23.9. The van der Waals surface area contributed by atoms with E-state index in [1.807, 2.05) is 46.6 Å². The molecule has 18 heavy (non-hydrogen) atoms. The molecule has 4 heteroatoms. The highest BCUT2D eigenvalue weighted by Gasteiger charge is 2.39. The first-order valence-electron chi connectivity index (χ1n) is 6.84. The van der Waals surface area contributed by atoms with Gasteiger partial charge in [-0.1, -0.05) is 13.8 Å². The summed E-state index contributed by atoms with van der Waals surface area (Å²) in [6.07, 6.45) is 0.787. The third-order valence-electron chi connectivity index (χ3n) is 3.97. The maximum absolute atomic E-state index is 12.3. The van der Waals surface area contributed by atoms with Gasteiger partial charge in [-0.2, -0.15) is 0 Å². The number of carbonyl (C=O) groups is 2. The highest BCUT2D eigenvalue weighted by atomic mass is 16.2. The maximum atomic E-state index is 12.3. The van der Waals surface area contributed by atoms with E-state index in [-0.39, 0.29) is 35.7 Å². The quantitative estimate of drug-likeness (QED) is 0.770. The molecule has 1 heterocycles. The predicted octanol–water partition coefficient (Wildman–Crippen LogP) is 1.75. The van der Waals surface area contributed by atoms with Crippen molar-refractivity contribution in [2.45, 2.75) is 53.1 Å². The van der Waals surface area contributed by atoms with Gasteiger partial charge in [0, 0.05) is 31.6 Å². The number of hydrogen-bond acceptors (Lipinski definition) is 2. The van der Waals surface area contributed by atoms with Gasteiger partial charge in [0.25, 0.3) is 0 Å². The van der Waals surface area contributed by atoms with Crippen molar-refractivity contribution in [3.63, 3.8) is 0 Å². The summed E-state index contributed by atoms with van der Waals surface area (Å²) in [6.45, 7) is 10.5. The SMILES string of the molecule is CC(C)C(=O)N1CCC(C(=O)N(C)C(C)C)C1C. The van der Waals surface area contributed by atoms with E-state index in [1.165, 1.54) is 0 Å². The van der Waals surface area contributed by atoms with E-state index in [9.17, 15) is 9.59 Å². The van der Waals surface area contributed by atoms with Crippen LogP contribution in [0.5, 0.6) is 0 Å². The van der Waals surface area contributed by atoms with Gasteiger partial charge in [-0.25, -0.2) is 0 Å². The largest absolute Gasteiger partial charge is 0.343 e. The van der Waals surface area contributed by atoms with Crippen molar-refractivity contribution in [1.29, 1.82) is 0 Å². The number of nitrogens with zero attached hydrogens (tertiary/aromatic N) is 2. The smallest absolute Gasteiger partial charge is 0.227 e. The van der Waals surface area contributed by atoms with Gasteiger partial charge in [0.1, 0.15) is 0 Å². The molecule has 0 aromatic heterocycles. The highest BCUT2D eigenvalue weighted by Crippen LogP contribution is 2.27. The topological polar surface area (TPSA) is 40.6 Å². The van der Waals surface area contributed by atoms with Crippen molar-refractivity contribution in [3.8, 4) is 0 Å². The minimum absolute atomic E-state index is 0.00382. The molecular formula is C14H26N2O2. The van der Waals surface area contributed by atoms with Crippen LogP contribution in [-0.2, 0) is 9.59 Å². The molecule has 2 atom stereocenters. The molecule has 0 spiro atoms. The first kappa shape index (κ1) is 15.0. The van der Waals surface area contributed by atoms with Gasteiger partial charge in [-0.3, -0.25) is 9.59 Å². The standard InChI is InChI=1S/C14H26N2O2/c1-9(2)13(17)16-8-7-12(11(16)5)14(18)15(6)10(3)4/h9-12H,7-8H2,1-6H3. The van der Waals surface area contributed by atoms with Gasteiger partial charge in [0.2, 0.25) is 11.8 Å². The van der Waals surface area contributed by atoms with Crippen LogP contribution in [0.25, 0.3) is 0 Å². The van der Waals surface area contributed by atoms with E-state index in [0.717, 1.165) is 6.42 Å². The Morgan fingerprint density at radius 2 is 1.78 bits per heavy atom. The molecular weight excluding hydrogens is 228 g/mol. The lowest BCUT2D eigenvalue weighted by molar-refractivity contribution is -0.139. The molecule has 0 aromatic carbocycles. The Labute approximate surface area is 110 Å². The third kappa shape index (κ3) is 2.85. The summed E-state index contributed by atoms with van der Waals surface area (Å²) in [4.78, 5) is 28.0. The summed E-state index contributed by atoms with van der Waals surface area (Å²) >= 11 is 0. The third-order valence-corrected chi connectivity index (χ3v) is 3.97. The second-order valence-electron chi connectivity index (χ2n) is 5.86. The monoisotopic (exact) mass is 254 g/mol. The second-order valence-corrected chi connectivity index (χ2v) is 5.86. The molecule has 0 aromatic rings. The molecule has 1 aliphatic heterocycles. The fraction of sp³-hybridized carbons (Fsp3) is 0.857. The zero-order valence-corrected chi connectivity index (χ0v) is 12.4. The second kappa shape index (κ2) is 5.72. The Bertz CT molecular complexity index is 326. The number of carbonyl (C=O) groups excluding carboxylic acids is 2. The first-order valence-corrected chi connectivity index (χ1v) is 6.84. The van der Waals surface area contributed by atoms with Crippen molar-refractivity contribution >= 4 is 11.8 Å². The van der Waals surface area contributed by atoms with Gasteiger partial charge in [-0.15, -0.1) is 0 Å². The Hall–Kier alpha value is -1.06. The van der Waals surface area contributed by atoms with Gasteiger partial charge in [0.05, 0.1) is 5.92 Å². The minimum Gasteiger partial charge on any atom is -0.343 e. The summed E-state index contributed by atoms with van der Waals surface area (Å²) in [5, 5.41) is 0. The molecule has 0 saturated carbocycles. The lowest BCUT2D eigenvalue weighted by Gasteiger charge is -2.29. The zero-order valence-electron chi connectivity index (χ0n) is 12.4. The summed E-state index contributed by atoms with van der Waals surface area (Å²) in [5.74, 6) is 0.283. The molecule has 0 N–H and O–H groups in total. The minimum atomic E-state index is -0.0416. The van der Waals surface area contributed by atoms with Crippen molar-refractivity contribution < 1.29 is 9.59 Å². The van der Waals surface area contributed by atoms with Crippen LogP contribution in [0.15, 0.2) is 0 Å².